The smallest absolute Gasteiger partial charge is 0.230 e. The summed E-state index contributed by atoms with van der Waals surface area (Å²) in [6.07, 6.45) is 2.10. The second-order valence-electron chi connectivity index (χ2n) is 5.32. The van der Waals surface area contributed by atoms with Gasteiger partial charge in [-0.05, 0) is 24.3 Å². The Balaban J connectivity index is 1.52. The van der Waals surface area contributed by atoms with Crippen molar-refractivity contribution in [2.45, 2.75) is 31.8 Å². The van der Waals surface area contributed by atoms with E-state index in [1.54, 1.807) is 16.2 Å². The second kappa shape index (κ2) is 5.43. The number of nitrogens with zero attached hydrogens (tertiary/aromatic N) is 2. The van der Waals surface area contributed by atoms with Gasteiger partial charge in [-0.2, -0.15) is 0 Å². The van der Waals surface area contributed by atoms with Gasteiger partial charge in [0.2, 0.25) is 5.91 Å². The van der Waals surface area contributed by atoms with Crippen molar-refractivity contribution in [1.82, 2.24) is 9.80 Å². The van der Waals surface area contributed by atoms with Crippen LogP contribution in [-0.2, 0) is 16.1 Å². The zero-order valence-electron chi connectivity index (χ0n) is 10.9. The lowest BCUT2D eigenvalue weighted by Crippen LogP contribution is -2.45. The summed E-state index contributed by atoms with van der Waals surface area (Å²) < 4.78 is 0. The Kier molecular flexibility index (Phi) is 3.66. The van der Waals surface area contributed by atoms with Crippen LogP contribution in [0.2, 0.25) is 0 Å². The minimum Gasteiger partial charge on any atom is -0.332 e. The topological polar surface area (TPSA) is 40.6 Å². The third kappa shape index (κ3) is 2.87. The lowest BCUT2D eigenvalue weighted by Gasteiger charge is -2.36. The summed E-state index contributed by atoms with van der Waals surface area (Å²) in [5.74, 6) is 0.104. The molecule has 0 unspecified atom stereocenters. The van der Waals surface area contributed by atoms with Gasteiger partial charge in [0.05, 0.1) is 13.0 Å². The number of ketones is 1. The van der Waals surface area contributed by atoms with E-state index in [9.17, 15) is 9.59 Å². The molecule has 2 saturated heterocycles. The molecule has 1 aromatic heterocycles. The molecule has 0 spiro atoms. The minimum absolute atomic E-state index is 0.0294. The molecule has 0 aliphatic carbocycles. The number of hydrogen-bond donors (Lipinski definition) is 0. The van der Waals surface area contributed by atoms with E-state index in [0.29, 0.717) is 6.54 Å². The number of carbonyl (C=O) groups excluding carboxylic acids is 2. The van der Waals surface area contributed by atoms with Crippen LogP contribution in [0.15, 0.2) is 17.5 Å². The van der Waals surface area contributed by atoms with Crippen LogP contribution in [-0.4, -0.2) is 47.2 Å². The number of Topliss-reactive ketones (excluding diaryl/α,β-unsaturated/α-hetero) is 1. The van der Waals surface area contributed by atoms with E-state index >= 15 is 0 Å². The van der Waals surface area contributed by atoms with Crippen LogP contribution in [0.1, 0.15) is 24.1 Å². The van der Waals surface area contributed by atoms with Gasteiger partial charge in [0.1, 0.15) is 0 Å². The fourth-order valence-electron chi connectivity index (χ4n) is 2.95. The van der Waals surface area contributed by atoms with Crippen molar-refractivity contribution >= 4 is 23.0 Å². The van der Waals surface area contributed by atoms with Gasteiger partial charge in [-0.25, -0.2) is 0 Å². The Morgan fingerprint density at radius 2 is 2.05 bits per heavy atom. The summed E-state index contributed by atoms with van der Waals surface area (Å²) in [6, 6.07) is 4.53. The number of amides is 1. The van der Waals surface area contributed by atoms with E-state index < -0.39 is 0 Å². The number of rotatable bonds is 3. The standard InChI is InChI=1S/C14H18N2O2S/c17-12-8-14(18)16(9-12)11-3-5-15(6-4-11)10-13-2-1-7-19-13/h1-2,7,11H,3-6,8-10H2. The molecule has 2 aliphatic heterocycles. The predicted molar refractivity (Wildman–Crippen MR) is 74.0 cm³/mol. The summed E-state index contributed by atoms with van der Waals surface area (Å²) in [6.45, 7) is 3.38. The summed E-state index contributed by atoms with van der Waals surface area (Å²) >= 11 is 1.79. The normalized spacial score (nSPS) is 22.4. The number of hydrogen-bond acceptors (Lipinski definition) is 4. The first-order valence-electron chi connectivity index (χ1n) is 6.78. The van der Waals surface area contributed by atoms with Gasteiger partial charge in [0, 0.05) is 30.6 Å². The third-order valence-corrected chi connectivity index (χ3v) is 4.83. The largest absolute Gasteiger partial charge is 0.332 e. The second-order valence-corrected chi connectivity index (χ2v) is 6.36. The van der Waals surface area contributed by atoms with E-state index in [0.717, 1.165) is 32.5 Å². The van der Waals surface area contributed by atoms with Crippen molar-refractivity contribution in [1.29, 1.82) is 0 Å². The van der Waals surface area contributed by atoms with Gasteiger partial charge in [0.25, 0.3) is 0 Å². The van der Waals surface area contributed by atoms with E-state index in [4.69, 9.17) is 0 Å². The molecule has 0 atom stereocenters. The highest BCUT2D eigenvalue weighted by Crippen LogP contribution is 2.22. The summed E-state index contributed by atoms with van der Waals surface area (Å²) in [5, 5.41) is 2.11. The van der Waals surface area contributed by atoms with Gasteiger partial charge >= 0.3 is 0 Å². The maximum atomic E-state index is 11.7. The van der Waals surface area contributed by atoms with Gasteiger partial charge in [0.15, 0.2) is 5.78 Å². The molecule has 0 saturated carbocycles. The van der Waals surface area contributed by atoms with E-state index in [1.165, 1.54) is 4.88 Å². The number of piperidine rings is 1. The molecule has 1 aromatic rings. The molecule has 0 aromatic carbocycles. The van der Waals surface area contributed by atoms with Crippen molar-refractivity contribution in [3.8, 4) is 0 Å². The Labute approximate surface area is 117 Å². The van der Waals surface area contributed by atoms with Crippen LogP contribution >= 0.6 is 11.3 Å². The fourth-order valence-corrected chi connectivity index (χ4v) is 3.70. The Morgan fingerprint density at radius 1 is 1.26 bits per heavy atom. The molecule has 0 N–H and O–H groups in total. The van der Waals surface area contributed by atoms with E-state index in [-0.39, 0.29) is 24.2 Å². The zero-order chi connectivity index (χ0) is 13.2. The molecule has 4 nitrogen and oxygen atoms in total. The highest BCUT2D eigenvalue weighted by Gasteiger charge is 2.34. The van der Waals surface area contributed by atoms with Crippen LogP contribution in [0.25, 0.3) is 0 Å². The molecular weight excluding hydrogens is 260 g/mol. The molecule has 0 radical (unpaired) electrons. The van der Waals surface area contributed by atoms with Gasteiger partial charge in [-0.3, -0.25) is 14.5 Å². The maximum absolute atomic E-state index is 11.7. The van der Waals surface area contributed by atoms with E-state index in [2.05, 4.69) is 22.4 Å². The maximum Gasteiger partial charge on any atom is 0.230 e. The predicted octanol–water partition coefficient (Wildman–Crippen LogP) is 1.51. The Hall–Kier alpha value is -1.20. The van der Waals surface area contributed by atoms with Crippen LogP contribution in [0.5, 0.6) is 0 Å². The molecule has 2 fully saturated rings. The quantitative estimate of drug-likeness (QED) is 0.787. The molecule has 3 heterocycles. The molecule has 3 rings (SSSR count). The zero-order valence-corrected chi connectivity index (χ0v) is 11.7. The SMILES string of the molecule is O=C1CC(=O)N(C2CCN(Cc3cccs3)CC2)C1. The number of likely N-dealkylation sites (tertiary alicyclic amines) is 2. The van der Waals surface area contributed by atoms with Crippen molar-refractivity contribution in [3.05, 3.63) is 22.4 Å². The Bertz CT molecular complexity index is 464. The number of carbonyl (C=O) groups is 2. The van der Waals surface area contributed by atoms with Gasteiger partial charge < -0.3 is 4.90 Å². The molecule has 19 heavy (non-hydrogen) atoms. The molecule has 102 valence electrons. The van der Waals surface area contributed by atoms with Crippen molar-refractivity contribution < 1.29 is 9.59 Å². The lowest BCUT2D eigenvalue weighted by molar-refractivity contribution is -0.130. The van der Waals surface area contributed by atoms with Crippen molar-refractivity contribution in [3.63, 3.8) is 0 Å². The summed E-state index contributed by atoms with van der Waals surface area (Å²) in [4.78, 5) is 28.7. The highest BCUT2D eigenvalue weighted by atomic mass is 32.1. The first kappa shape index (κ1) is 12.8. The average Bonchev–Trinajstić information content (AvgIpc) is 3.00. The van der Waals surface area contributed by atoms with Crippen LogP contribution in [0.4, 0.5) is 0 Å². The molecule has 5 heteroatoms. The summed E-state index contributed by atoms with van der Waals surface area (Å²) in [5.41, 5.74) is 0. The van der Waals surface area contributed by atoms with Crippen molar-refractivity contribution in [2.75, 3.05) is 19.6 Å². The molecule has 0 bridgehead atoms. The fraction of sp³-hybridized carbons (Fsp3) is 0.571. The molecule has 1 amide bonds. The van der Waals surface area contributed by atoms with Crippen LogP contribution in [0, 0.1) is 0 Å². The molecular formula is C14H18N2O2S. The minimum atomic E-state index is 0.0294. The molecule has 2 aliphatic rings. The van der Waals surface area contributed by atoms with Crippen molar-refractivity contribution in [2.24, 2.45) is 0 Å². The Morgan fingerprint density at radius 3 is 2.63 bits per heavy atom. The number of thiophene rings is 1. The summed E-state index contributed by atoms with van der Waals surface area (Å²) in [7, 11) is 0. The van der Waals surface area contributed by atoms with E-state index in [1.807, 2.05) is 0 Å². The van der Waals surface area contributed by atoms with Crippen LogP contribution < -0.4 is 0 Å². The first-order chi connectivity index (χ1) is 9.22. The third-order valence-electron chi connectivity index (χ3n) is 3.97. The van der Waals surface area contributed by atoms with Crippen LogP contribution in [0.3, 0.4) is 0 Å². The van der Waals surface area contributed by atoms with Gasteiger partial charge in [-0.15, -0.1) is 11.3 Å². The van der Waals surface area contributed by atoms with Gasteiger partial charge in [-0.1, -0.05) is 6.07 Å². The average molecular weight is 278 g/mol. The highest BCUT2D eigenvalue weighted by molar-refractivity contribution is 7.09. The lowest BCUT2D eigenvalue weighted by atomic mass is 10.0. The monoisotopic (exact) mass is 278 g/mol. The first-order valence-corrected chi connectivity index (χ1v) is 7.66.